The van der Waals surface area contributed by atoms with E-state index in [1.807, 2.05) is 7.11 Å². The van der Waals surface area contributed by atoms with Crippen molar-refractivity contribution in [2.45, 2.75) is 64.0 Å². The SMILES string of the molecule is CCNC(Cc1ccc(C(C)C)cc1)C1(OC)CCC1. The number of hydrogen-bond acceptors (Lipinski definition) is 2. The van der Waals surface area contributed by atoms with Crippen molar-refractivity contribution in [1.29, 1.82) is 0 Å². The van der Waals surface area contributed by atoms with Gasteiger partial charge in [0.2, 0.25) is 0 Å². The molecule has 1 saturated carbocycles. The number of methoxy groups -OCH3 is 1. The highest BCUT2D eigenvalue weighted by Gasteiger charge is 2.43. The van der Waals surface area contributed by atoms with Crippen LogP contribution in [0.25, 0.3) is 0 Å². The molecule has 0 amide bonds. The van der Waals surface area contributed by atoms with E-state index < -0.39 is 0 Å². The van der Waals surface area contributed by atoms with E-state index >= 15 is 0 Å². The Balaban J connectivity index is 2.07. The molecule has 1 fully saturated rings. The summed E-state index contributed by atoms with van der Waals surface area (Å²) in [5, 5.41) is 3.64. The lowest BCUT2D eigenvalue weighted by Gasteiger charge is -2.47. The first-order chi connectivity index (χ1) is 9.61. The van der Waals surface area contributed by atoms with Gasteiger partial charge in [0.05, 0.1) is 5.60 Å². The van der Waals surface area contributed by atoms with Crippen LogP contribution in [0.4, 0.5) is 0 Å². The Kier molecular flexibility index (Phi) is 5.22. The van der Waals surface area contributed by atoms with Crippen molar-refractivity contribution in [3.8, 4) is 0 Å². The van der Waals surface area contributed by atoms with E-state index in [9.17, 15) is 0 Å². The first kappa shape index (κ1) is 15.5. The standard InChI is InChI=1S/C18H29NO/c1-5-19-17(18(20-4)11-6-12-18)13-15-7-9-16(10-8-15)14(2)3/h7-10,14,17,19H,5-6,11-13H2,1-4H3. The van der Waals surface area contributed by atoms with Gasteiger partial charge in [0, 0.05) is 13.2 Å². The predicted molar refractivity (Wildman–Crippen MR) is 85.3 cm³/mol. The highest BCUT2D eigenvalue weighted by molar-refractivity contribution is 5.26. The van der Waals surface area contributed by atoms with Gasteiger partial charge in [-0.15, -0.1) is 0 Å². The number of rotatable bonds is 7. The zero-order chi connectivity index (χ0) is 14.6. The maximum atomic E-state index is 5.86. The Morgan fingerprint density at radius 1 is 1.20 bits per heavy atom. The Morgan fingerprint density at radius 3 is 2.25 bits per heavy atom. The van der Waals surface area contributed by atoms with Crippen molar-refractivity contribution in [2.24, 2.45) is 0 Å². The molecule has 1 aromatic rings. The Bertz CT molecular complexity index is 400. The quantitative estimate of drug-likeness (QED) is 0.815. The van der Waals surface area contributed by atoms with Crippen molar-refractivity contribution in [3.05, 3.63) is 35.4 Å². The van der Waals surface area contributed by atoms with Gasteiger partial charge in [-0.2, -0.15) is 0 Å². The van der Waals surface area contributed by atoms with E-state index in [-0.39, 0.29) is 5.60 Å². The van der Waals surface area contributed by atoms with Gasteiger partial charge in [-0.1, -0.05) is 45.0 Å². The molecule has 1 N–H and O–H groups in total. The lowest BCUT2D eigenvalue weighted by molar-refractivity contribution is -0.0978. The van der Waals surface area contributed by atoms with Crippen LogP contribution in [0.2, 0.25) is 0 Å². The molecule has 20 heavy (non-hydrogen) atoms. The lowest BCUT2D eigenvalue weighted by atomic mass is 9.72. The smallest absolute Gasteiger partial charge is 0.0834 e. The predicted octanol–water partition coefficient (Wildman–Crippen LogP) is 3.90. The van der Waals surface area contributed by atoms with E-state index in [1.165, 1.54) is 30.4 Å². The van der Waals surface area contributed by atoms with Gasteiger partial charge in [0.25, 0.3) is 0 Å². The van der Waals surface area contributed by atoms with Crippen molar-refractivity contribution in [1.82, 2.24) is 5.32 Å². The Labute approximate surface area is 123 Å². The molecule has 1 atom stereocenters. The second-order valence-electron chi connectivity index (χ2n) is 6.33. The third kappa shape index (κ3) is 3.24. The van der Waals surface area contributed by atoms with E-state index in [2.05, 4.69) is 50.4 Å². The van der Waals surface area contributed by atoms with E-state index in [1.54, 1.807) is 0 Å². The number of nitrogens with one attached hydrogen (secondary N) is 1. The summed E-state index contributed by atoms with van der Waals surface area (Å²) < 4.78 is 5.86. The number of hydrogen-bond donors (Lipinski definition) is 1. The topological polar surface area (TPSA) is 21.3 Å². The third-order valence-electron chi connectivity index (χ3n) is 4.78. The molecular weight excluding hydrogens is 246 g/mol. The Morgan fingerprint density at radius 2 is 1.85 bits per heavy atom. The molecule has 0 radical (unpaired) electrons. The molecule has 2 rings (SSSR count). The van der Waals surface area contributed by atoms with Crippen LogP contribution in [0.5, 0.6) is 0 Å². The monoisotopic (exact) mass is 275 g/mol. The van der Waals surface area contributed by atoms with Gasteiger partial charge in [0.15, 0.2) is 0 Å². The Hall–Kier alpha value is -0.860. The zero-order valence-corrected chi connectivity index (χ0v) is 13.4. The highest BCUT2D eigenvalue weighted by atomic mass is 16.5. The van der Waals surface area contributed by atoms with Crippen LogP contribution < -0.4 is 5.32 Å². The molecule has 2 heteroatoms. The molecular formula is C18H29NO. The lowest BCUT2D eigenvalue weighted by Crippen LogP contribution is -2.57. The van der Waals surface area contributed by atoms with Crippen molar-refractivity contribution < 1.29 is 4.74 Å². The van der Waals surface area contributed by atoms with Crippen LogP contribution in [-0.4, -0.2) is 25.3 Å². The minimum atomic E-state index is 0.0622. The summed E-state index contributed by atoms with van der Waals surface area (Å²) in [4.78, 5) is 0. The number of benzene rings is 1. The minimum Gasteiger partial charge on any atom is -0.377 e. The zero-order valence-electron chi connectivity index (χ0n) is 13.4. The van der Waals surface area contributed by atoms with Crippen molar-refractivity contribution >= 4 is 0 Å². The molecule has 0 heterocycles. The number of ether oxygens (including phenoxy) is 1. The van der Waals surface area contributed by atoms with Gasteiger partial charge in [-0.3, -0.25) is 0 Å². The normalized spacial score (nSPS) is 18.9. The summed E-state index contributed by atoms with van der Waals surface area (Å²) in [5.74, 6) is 0.602. The van der Waals surface area contributed by atoms with E-state index in [0.29, 0.717) is 12.0 Å². The fraction of sp³-hybridized carbons (Fsp3) is 0.667. The molecule has 1 aromatic carbocycles. The van der Waals surface area contributed by atoms with Crippen LogP contribution in [-0.2, 0) is 11.2 Å². The molecule has 0 saturated heterocycles. The molecule has 0 aromatic heterocycles. The van der Waals surface area contributed by atoms with Crippen LogP contribution in [0.1, 0.15) is 57.1 Å². The summed E-state index contributed by atoms with van der Waals surface area (Å²) in [6.07, 6.45) is 4.72. The molecule has 1 aliphatic rings. The fourth-order valence-corrected chi connectivity index (χ4v) is 3.18. The second-order valence-corrected chi connectivity index (χ2v) is 6.33. The molecule has 0 aliphatic heterocycles. The van der Waals surface area contributed by atoms with Crippen LogP contribution in [0.15, 0.2) is 24.3 Å². The van der Waals surface area contributed by atoms with Crippen molar-refractivity contribution in [2.75, 3.05) is 13.7 Å². The molecule has 112 valence electrons. The second kappa shape index (κ2) is 6.73. The molecule has 1 unspecified atom stereocenters. The van der Waals surface area contributed by atoms with Crippen LogP contribution >= 0.6 is 0 Å². The van der Waals surface area contributed by atoms with Gasteiger partial charge < -0.3 is 10.1 Å². The first-order valence-electron chi connectivity index (χ1n) is 7.98. The van der Waals surface area contributed by atoms with E-state index in [4.69, 9.17) is 4.74 Å². The summed E-state index contributed by atoms with van der Waals surface area (Å²) in [6.45, 7) is 7.66. The van der Waals surface area contributed by atoms with Gasteiger partial charge >= 0.3 is 0 Å². The maximum absolute atomic E-state index is 5.86. The highest BCUT2D eigenvalue weighted by Crippen LogP contribution is 2.39. The summed E-state index contributed by atoms with van der Waals surface area (Å²) in [7, 11) is 1.87. The molecule has 1 aliphatic carbocycles. The van der Waals surface area contributed by atoms with Gasteiger partial charge in [-0.25, -0.2) is 0 Å². The third-order valence-corrected chi connectivity index (χ3v) is 4.78. The molecule has 0 spiro atoms. The van der Waals surface area contributed by atoms with Crippen LogP contribution in [0.3, 0.4) is 0 Å². The first-order valence-corrected chi connectivity index (χ1v) is 7.98. The minimum absolute atomic E-state index is 0.0622. The fourth-order valence-electron chi connectivity index (χ4n) is 3.18. The largest absolute Gasteiger partial charge is 0.377 e. The van der Waals surface area contributed by atoms with Gasteiger partial charge in [-0.05, 0) is 49.3 Å². The van der Waals surface area contributed by atoms with Gasteiger partial charge in [0.1, 0.15) is 0 Å². The summed E-state index contributed by atoms with van der Waals surface area (Å²) in [6, 6.07) is 9.52. The molecule has 0 bridgehead atoms. The number of likely N-dealkylation sites (N-methyl/N-ethyl adjacent to an activating group) is 1. The molecule has 2 nitrogen and oxygen atoms in total. The maximum Gasteiger partial charge on any atom is 0.0834 e. The summed E-state index contributed by atoms with van der Waals surface area (Å²) >= 11 is 0. The van der Waals surface area contributed by atoms with Crippen LogP contribution in [0, 0.1) is 0 Å². The average Bonchev–Trinajstić information content (AvgIpc) is 2.39. The van der Waals surface area contributed by atoms with E-state index in [0.717, 1.165) is 13.0 Å². The average molecular weight is 275 g/mol. The summed E-state index contributed by atoms with van der Waals surface area (Å²) in [5.41, 5.74) is 2.88. The van der Waals surface area contributed by atoms with Crippen molar-refractivity contribution in [3.63, 3.8) is 0 Å².